The van der Waals surface area contributed by atoms with Crippen LogP contribution in [0.25, 0.3) is 0 Å². The van der Waals surface area contributed by atoms with Crippen molar-refractivity contribution in [2.45, 2.75) is 0 Å². The number of aliphatic hydroxyl groups excluding tert-OH is 1. The maximum absolute atomic E-state index is 13.2. The number of hydrogen-bond donors (Lipinski definition) is 2. The Hall–Kier alpha value is -1.99. The molecule has 0 unspecified atom stereocenters. The summed E-state index contributed by atoms with van der Waals surface area (Å²) in [6, 6.07) is 1.90. The number of nitrogens with one attached hydrogen (secondary N) is 1. The summed E-state index contributed by atoms with van der Waals surface area (Å²) in [5.41, 5.74) is -0.0716. The number of nitrogens with zero attached hydrogens (tertiary/aromatic N) is 1. The van der Waals surface area contributed by atoms with Crippen LogP contribution in [0.4, 0.5) is 14.5 Å². The Morgan fingerprint density at radius 1 is 1.30 bits per heavy atom. The molecule has 0 saturated heterocycles. The summed E-state index contributed by atoms with van der Waals surface area (Å²) in [4.78, 5) is 24.1. The summed E-state index contributed by atoms with van der Waals surface area (Å²) in [6.07, 6.45) is 1.01. The summed E-state index contributed by atoms with van der Waals surface area (Å²) >= 11 is 5.48. The van der Waals surface area contributed by atoms with Crippen molar-refractivity contribution >= 4 is 29.1 Å². The molecule has 5 nitrogen and oxygen atoms in total. The number of rotatable bonds is 4. The maximum atomic E-state index is 13.2. The van der Waals surface area contributed by atoms with Gasteiger partial charge in [0.2, 0.25) is 0 Å². The summed E-state index contributed by atoms with van der Waals surface area (Å²) < 4.78 is 26.2. The van der Waals surface area contributed by atoms with E-state index >= 15 is 0 Å². The quantitative estimate of drug-likeness (QED) is 0.649. The van der Waals surface area contributed by atoms with Gasteiger partial charge < -0.3 is 10.4 Å². The van der Waals surface area contributed by atoms with Crippen molar-refractivity contribution < 1.29 is 23.5 Å². The van der Waals surface area contributed by atoms with Crippen molar-refractivity contribution in [2.24, 2.45) is 0 Å². The standard InChI is InChI=1S/C12H9ClF2N2O3/c13-7-3-6(4-8(14)11(7)15)16-9-5-10(19)17(1-2-18)12(9)20/h3-5,16,18H,1-2H2. The topological polar surface area (TPSA) is 69.6 Å². The molecular weight excluding hydrogens is 294 g/mol. The Labute approximate surface area is 117 Å². The van der Waals surface area contributed by atoms with Crippen molar-refractivity contribution in [1.82, 2.24) is 4.90 Å². The number of halogens is 3. The van der Waals surface area contributed by atoms with E-state index in [9.17, 15) is 18.4 Å². The lowest BCUT2D eigenvalue weighted by molar-refractivity contribution is -0.137. The van der Waals surface area contributed by atoms with Crippen LogP contribution in [0.5, 0.6) is 0 Å². The van der Waals surface area contributed by atoms with Crippen LogP contribution in [0.1, 0.15) is 0 Å². The number of carbonyl (C=O) groups excluding carboxylic acids is 2. The summed E-state index contributed by atoms with van der Waals surface area (Å²) in [5.74, 6) is -3.63. The minimum absolute atomic E-state index is 0.0344. The van der Waals surface area contributed by atoms with Gasteiger partial charge in [-0.1, -0.05) is 11.6 Å². The largest absolute Gasteiger partial charge is 0.395 e. The first-order valence-electron chi connectivity index (χ1n) is 5.54. The van der Waals surface area contributed by atoms with Gasteiger partial charge in [0.15, 0.2) is 11.6 Å². The fourth-order valence-electron chi connectivity index (χ4n) is 1.69. The fourth-order valence-corrected chi connectivity index (χ4v) is 1.90. The number of amides is 2. The number of anilines is 1. The highest BCUT2D eigenvalue weighted by Crippen LogP contribution is 2.25. The highest BCUT2D eigenvalue weighted by atomic mass is 35.5. The minimum Gasteiger partial charge on any atom is -0.395 e. The first-order chi connectivity index (χ1) is 9.43. The molecule has 1 aromatic rings. The summed E-state index contributed by atoms with van der Waals surface area (Å²) in [6.45, 7) is -0.506. The number of β-amino-alcohol motifs (C(OH)–C–C–N with tert-alkyl or cyclic N) is 1. The van der Waals surface area contributed by atoms with Gasteiger partial charge >= 0.3 is 0 Å². The molecule has 1 heterocycles. The lowest BCUT2D eigenvalue weighted by Gasteiger charge is -2.13. The Bertz CT molecular complexity index is 596. The van der Waals surface area contributed by atoms with E-state index in [0.717, 1.165) is 23.1 Å². The van der Waals surface area contributed by atoms with Gasteiger partial charge in [-0.25, -0.2) is 8.78 Å². The first-order valence-corrected chi connectivity index (χ1v) is 5.91. The SMILES string of the molecule is O=C1C=C(Nc2cc(F)c(F)c(Cl)c2)C(=O)N1CCO. The third-order valence-corrected chi connectivity index (χ3v) is 2.87. The second-order valence-corrected chi connectivity index (χ2v) is 4.36. The van der Waals surface area contributed by atoms with E-state index in [1.807, 2.05) is 0 Å². The number of aliphatic hydroxyl groups is 1. The highest BCUT2D eigenvalue weighted by Gasteiger charge is 2.30. The second kappa shape index (κ2) is 5.56. The molecule has 0 radical (unpaired) electrons. The molecular formula is C12H9ClF2N2O3. The van der Waals surface area contributed by atoms with Crippen molar-refractivity contribution in [3.8, 4) is 0 Å². The van der Waals surface area contributed by atoms with Gasteiger partial charge in [-0.05, 0) is 6.07 Å². The molecule has 0 aromatic heterocycles. The predicted octanol–water partition coefficient (Wildman–Crippen LogP) is 1.28. The monoisotopic (exact) mass is 302 g/mol. The summed E-state index contributed by atoms with van der Waals surface area (Å²) in [7, 11) is 0. The third kappa shape index (κ3) is 2.63. The molecule has 0 saturated carbocycles. The third-order valence-electron chi connectivity index (χ3n) is 2.60. The van der Waals surface area contributed by atoms with Gasteiger partial charge in [0.05, 0.1) is 18.2 Å². The molecule has 0 fully saturated rings. The molecule has 0 bridgehead atoms. The second-order valence-electron chi connectivity index (χ2n) is 3.96. The average Bonchev–Trinajstić information content (AvgIpc) is 2.64. The van der Waals surface area contributed by atoms with Crippen LogP contribution in [0.3, 0.4) is 0 Å². The van der Waals surface area contributed by atoms with Crippen LogP contribution < -0.4 is 5.32 Å². The Morgan fingerprint density at radius 3 is 2.60 bits per heavy atom. The molecule has 2 N–H and O–H groups in total. The first kappa shape index (κ1) is 14.4. The Balaban J connectivity index is 2.21. The molecule has 2 amide bonds. The molecule has 1 aliphatic rings. The van der Waals surface area contributed by atoms with Crippen LogP contribution >= 0.6 is 11.6 Å². The summed E-state index contributed by atoms with van der Waals surface area (Å²) in [5, 5.41) is 10.8. The van der Waals surface area contributed by atoms with Crippen molar-refractivity contribution in [3.63, 3.8) is 0 Å². The van der Waals surface area contributed by atoms with Crippen molar-refractivity contribution in [3.05, 3.63) is 40.6 Å². The molecule has 8 heteroatoms. The molecule has 1 aromatic carbocycles. The van der Waals surface area contributed by atoms with Gasteiger partial charge in [-0.15, -0.1) is 0 Å². The van der Waals surface area contributed by atoms with E-state index in [4.69, 9.17) is 16.7 Å². The van der Waals surface area contributed by atoms with E-state index in [-0.39, 0.29) is 24.5 Å². The van der Waals surface area contributed by atoms with Crippen LogP contribution in [-0.4, -0.2) is 35.0 Å². The van der Waals surface area contributed by atoms with Crippen LogP contribution in [0.15, 0.2) is 23.9 Å². The van der Waals surface area contributed by atoms with Gasteiger partial charge in [0, 0.05) is 17.8 Å². The van der Waals surface area contributed by atoms with Gasteiger partial charge in [0.1, 0.15) is 5.70 Å². The van der Waals surface area contributed by atoms with Crippen LogP contribution in [0, 0.1) is 11.6 Å². The fraction of sp³-hybridized carbons (Fsp3) is 0.167. The number of carbonyl (C=O) groups is 2. The molecule has 20 heavy (non-hydrogen) atoms. The van der Waals surface area contributed by atoms with Gasteiger partial charge in [-0.2, -0.15) is 0 Å². The Kier molecular flexibility index (Phi) is 4.01. The smallest absolute Gasteiger partial charge is 0.277 e. The molecule has 106 valence electrons. The number of hydrogen-bond acceptors (Lipinski definition) is 4. The lowest BCUT2D eigenvalue weighted by atomic mass is 10.2. The van der Waals surface area contributed by atoms with Crippen molar-refractivity contribution in [2.75, 3.05) is 18.5 Å². The van der Waals surface area contributed by atoms with E-state index in [2.05, 4.69) is 5.32 Å². The molecule has 0 spiro atoms. The molecule has 0 aliphatic carbocycles. The average molecular weight is 303 g/mol. The zero-order valence-corrected chi connectivity index (χ0v) is 10.7. The van der Waals surface area contributed by atoms with Gasteiger partial charge in [0.25, 0.3) is 11.8 Å². The predicted molar refractivity (Wildman–Crippen MR) is 66.9 cm³/mol. The Morgan fingerprint density at radius 2 is 2.00 bits per heavy atom. The molecule has 2 rings (SSSR count). The number of imide groups is 1. The molecule has 1 aliphatic heterocycles. The number of benzene rings is 1. The van der Waals surface area contributed by atoms with Crippen molar-refractivity contribution in [1.29, 1.82) is 0 Å². The normalized spacial score (nSPS) is 14.8. The van der Waals surface area contributed by atoms with E-state index in [1.54, 1.807) is 0 Å². The maximum Gasteiger partial charge on any atom is 0.277 e. The van der Waals surface area contributed by atoms with Crippen LogP contribution in [0.2, 0.25) is 5.02 Å². The van der Waals surface area contributed by atoms with Gasteiger partial charge in [-0.3, -0.25) is 14.5 Å². The van der Waals surface area contributed by atoms with E-state index in [0.29, 0.717) is 0 Å². The zero-order chi connectivity index (χ0) is 14.9. The zero-order valence-electron chi connectivity index (χ0n) is 9.99. The van der Waals surface area contributed by atoms with E-state index in [1.165, 1.54) is 0 Å². The lowest BCUT2D eigenvalue weighted by Crippen LogP contribution is -2.34. The molecule has 0 atom stereocenters. The van der Waals surface area contributed by atoms with E-state index < -0.39 is 28.5 Å². The highest BCUT2D eigenvalue weighted by molar-refractivity contribution is 6.31. The van der Waals surface area contributed by atoms with Crippen LogP contribution in [-0.2, 0) is 9.59 Å². The minimum atomic E-state index is -1.19.